The van der Waals surface area contributed by atoms with Gasteiger partial charge in [0.2, 0.25) is 5.91 Å². The molecule has 0 saturated carbocycles. The van der Waals surface area contributed by atoms with Crippen LogP contribution in [0, 0.1) is 11.6 Å². The lowest BCUT2D eigenvalue weighted by atomic mass is 9.86. The highest BCUT2D eigenvalue weighted by molar-refractivity contribution is 5.76. The van der Waals surface area contributed by atoms with Crippen LogP contribution in [-0.2, 0) is 11.3 Å². The molecule has 9 heteroatoms. The molecule has 0 spiro atoms. The van der Waals surface area contributed by atoms with E-state index in [1.165, 1.54) is 10.5 Å². The average molecular weight is 387 g/mol. The van der Waals surface area contributed by atoms with Crippen LogP contribution in [-0.4, -0.2) is 39.2 Å². The van der Waals surface area contributed by atoms with Crippen LogP contribution in [0.3, 0.4) is 0 Å². The molecule has 2 aromatic heterocycles. The summed E-state index contributed by atoms with van der Waals surface area (Å²) in [7, 11) is 0. The van der Waals surface area contributed by atoms with E-state index in [1.54, 1.807) is 30.5 Å². The van der Waals surface area contributed by atoms with Crippen molar-refractivity contribution in [1.29, 1.82) is 0 Å². The molecule has 1 fully saturated rings. The third kappa shape index (κ3) is 3.53. The minimum atomic E-state index is -0.905. The van der Waals surface area contributed by atoms with Crippen molar-refractivity contribution >= 4 is 11.6 Å². The molecule has 0 radical (unpaired) electrons. The Labute approximate surface area is 159 Å². The maximum Gasteiger partial charge on any atom is 0.350 e. The summed E-state index contributed by atoms with van der Waals surface area (Å²) in [6.45, 7) is 0.985. The number of carbonyl (C=O) groups excluding carboxylic acids is 1. The van der Waals surface area contributed by atoms with E-state index in [2.05, 4.69) is 15.7 Å². The third-order valence-electron chi connectivity index (χ3n) is 4.98. The zero-order chi connectivity index (χ0) is 19.7. The van der Waals surface area contributed by atoms with Gasteiger partial charge >= 0.3 is 5.69 Å². The second-order valence-electron chi connectivity index (χ2n) is 6.82. The Kier molecular flexibility index (Phi) is 4.91. The number of piperidine rings is 1. The summed E-state index contributed by atoms with van der Waals surface area (Å²) in [5, 5.41) is 10.2. The molecule has 1 aliphatic heterocycles. The van der Waals surface area contributed by atoms with Crippen molar-refractivity contribution < 1.29 is 13.6 Å². The molecule has 1 aromatic carbocycles. The number of benzene rings is 1. The van der Waals surface area contributed by atoms with Crippen LogP contribution >= 0.6 is 0 Å². The van der Waals surface area contributed by atoms with Crippen molar-refractivity contribution in [3.63, 3.8) is 0 Å². The van der Waals surface area contributed by atoms with Gasteiger partial charge in [-0.3, -0.25) is 9.20 Å². The quantitative estimate of drug-likeness (QED) is 0.701. The summed E-state index contributed by atoms with van der Waals surface area (Å²) in [6, 6.07) is 8.66. The van der Waals surface area contributed by atoms with Gasteiger partial charge in [0, 0.05) is 24.7 Å². The number of aromatic nitrogens is 3. The van der Waals surface area contributed by atoms with Gasteiger partial charge in [0.15, 0.2) is 17.3 Å². The molecule has 1 amide bonds. The highest BCUT2D eigenvalue weighted by atomic mass is 19.2. The first kappa shape index (κ1) is 18.3. The van der Waals surface area contributed by atoms with Crippen molar-refractivity contribution in [3.05, 3.63) is 70.3 Å². The summed E-state index contributed by atoms with van der Waals surface area (Å²) in [4.78, 5) is 24.8. The summed E-state index contributed by atoms with van der Waals surface area (Å²) < 4.78 is 29.3. The smallest absolute Gasteiger partial charge is 0.350 e. The number of carbonyl (C=O) groups is 1. The van der Waals surface area contributed by atoms with E-state index < -0.39 is 17.3 Å². The predicted molar refractivity (Wildman–Crippen MR) is 98.0 cm³/mol. The Morgan fingerprint density at radius 1 is 1.25 bits per heavy atom. The second-order valence-corrected chi connectivity index (χ2v) is 6.82. The Bertz CT molecular complexity index is 1080. The molecule has 4 rings (SSSR count). The lowest BCUT2D eigenvalue weighted by Gasteiger charge is -2.33. The molecule has 3 heterocycles. The highest BCUT2D eigenvalue weighted by Crippen LogP contribution is 2.27. The number of amides is 1. The molecule has 1 saturated heterocycles. The van der Waals surface area contributed by atoms with E-state index in [4.69, 9.17) is 0 Å². The van der Waals surface area contributed by atoms with Gasteiger partial charge in [0.1, 0.15) is 6.54 Å². The fourth-order valence-corrected chi connectivity index (χ4v) is 3.61. The number of hydrogen-bond acceptors (Lipinski definition) is 4. The van der Waals surface area contributed by atoms with Crippen LogP contribution in [0.15, 0.2) is 47.4 Å². The average Bonchev–Trinajstić information content (AvgIpc) is 3.00. The third-order valence-corrected chi connectivity index (χ3v) is 4.98. The number of nitrogens with one attached hydrogen (secondary N) is 2. The minimum Gasteiger partial charge on any atom is -0.350 e. The van der Waals surface area contributed by atoms with Crippen LogP contribution in [0.25, 0.3) is 5.65 Å². The topological polar surface area (TPSA) is 80.4 Å². The molecular formula is C19H19F2N5O2. The molecule has 3 aromatic rings. The largest absolute Gasteiger partial charge is 0.350 e. The summed E-state index contributed by atoms with van der Waals surface area (Å²) >= 11 is 0. The Balaban J connectivity index is 1.50. The van der Waals surface area contributed by atoms with Gasteiger partial charge in [-0.05, 0) is 42.8 Å². The molecule has 146 valence electrons. The Morgan fingerprint density at radius 3 is 2.89 bits per heavy atom. The van der Waals surface area contributed by atoms with Gasteiger partial charge in [-0.15, -0.1) is 5.10 Å². The first-order valence-corrected chi connectivity index (χ1v) is 9.02. The van der Waals surface area contributed by atoms with Gasteiger partial charge in [0.25, 0.3) is 0 Å². The maximum atomic E-state index is 13.6. The van der Waals surface area contributed by atoms with Crippen molar-refractivity contribution in [2.45, 2.75) is 24.9 Å². The summed E-state index contributed by atoms with van der Waals surface area (Å²) in [5.41, 5.74) is 0.694. The highest BCUT2D eigenvalue weighted by Gasteiger charge is 2.28. The SMILES string of the molecule is O=C(Cn1nc2ccccn2c1=O)NC1CNCCC1c1ccc(F)c(F)c1. The van der Waals surface area contributed by atoms with E-state index in [-0.39, 0.29) is 24.4 Å². The van der Waals surface area contributed by atoms with E-state index in [1.807, 2.05) is 0 Å². The standard InChI is InChI=1S/C19H19F2N5O2/c20-14-5-4-12(9-15(14)21)13-6-7-22-10-16(13)23-18(27)11-26-19(28)25-8-2-1-3-17(25)24-26/h1-5,8-9,13,16,22H,6-7,10-11H2,(H,23,27). The fraction of sp³-hybridized carbons (Fsp3) is 0.316. The number of fused-ring (bicyclic) bond motifs is 1. The molecule has 0 aliphatic carbocycles. The number of rotatable bonds is 4. The molecule has 7 nitrogen and oxygen atoms in total. The van der Waals surface area contributed by atoms with E-state index in [9.17, 15) is 18.4 Å². The zero-order valence-corrected chi connectivity index (χ0v) is 14.9. The lowest BCUT2D eigenvalue weighted by Crippen LogP contribution is -2.51. The van der Waals surface area contributed by atoms with Gasteiger partial charge in [-0.25, -0.2) is 18.3 Å². The molecule has 0 bridgehead atoms. The van der Waals surface area contributed by atoms with Crippen LogP contribution in [0.5, 0.6) is 0 Å². The van der Waals surface area contributed by atoms with E-state index in [0.717, 1.165) is 10.7 Å². The van der Waals surface area contributed by atoms with Crippen LogP contribution in [0.4, 0.5) is 8.78 Å². The number of nitrogens with zero attached hydrogens (tertiary/aromatic N) is 3. The number of halogens is 2. The van der Waals surface area contributed by atoms with Crippen LogP contribution in [0.2, 0.25) is 0 Å². The maximum absolute atomic E-state index is 13.6. The summed E-state index contributed by atoms with van der Waals surface area (Å²) in [6.07, 6.45) is 2.26. The lowest BCUT2D eigenvalue weighted by molar-refractivity contribution is -0.122. The molecular weight excluding hydrogens is 368 g/mol. The Morgan fingerprint density at radius 2 is 2.11 bits per heavy atom. The molecule has 2 unspecified atom stereocenters. The first-order chi connectivity index (χ1) is 13.5. The monoisotopic (exact) mass is 387 g/mol. The van der Waals surface area contributed by atoms with Crippen LogP contribution in [0.1, 0.15) is 17.9 Å². The van der Waals surface area contributed by atoms with Gasteiger partial charge in [0.05, 0.1) is 0 Å². The molecule has 28 heavy (non-hydrogen) atoms. The van der Waals surface area contributed by atoms with Crippen molar-refractivity contribution in [2.75, 3.05) is 13.1 Å². The van der Waals surface area contributed by atoms with E-state index >= 15 is 0 Å². The van der Waals surface area contributed by atoms with Crippen molar-refractivity contribution in [3.8, 4) is 0 Å². The predicted octanol–water partition coefficient (Wildman–Crippen LogP) is 1.04. The fourth-order valence-electron chi connectivity index (χ4n) is 3.61. The van der Waals surface area contributed by atoms with Gasteiger partial charge in [-0.2, -0.15) is 0 Å². The summed E-state index contributed by atoms with van der Waals surface area (Å²) in [5.74, 6) is -2.33. The zero-order valence-electron chi connectivity index (χ0n) is 14.9. The number of pyridine rings is 1. The van der Waals surface area contributed by atoms with Crippen molar-refractivity contribution in [2.24, 2.45) is 0 Å². The van der Waals surface area contributed by atoms with Crippen LogP contribution < -0.4 is 16.3 Å². The normalized spacial score (nSPS) is 19.6. The van der Waals surface area contributed by atoms with Gasteiger partial charge < -0.3 is 10.6 Å². The Hall–Kier alpha value is -3.07. The van der Waals surface area contributed by atoms with E-state index in [0.29, 0.717) is 30.7 Å². The van der Waals surface area contributed by atoms with Crippen molar-refractivity contribution in [1.82, 2.24) is 24.8 Å². The minimum absolute atomic E-state index is 0.155. The molecule has 1 aliphatic rings. The molecule has 2 atom stereocenters. The first-order valence-electron chi connectivity index (χ1n) is 9.02. The van der Waals surface area contributed by atoms with Gasteiger partial charge in [-0.1, -0.05) is 12.1 Å². The molecule has 2 N–H and O–H groups in total. The second kappa shape index (κ2) is 7.51. The number of hydrogen-bond donors (Lipinski definition) is 2.